The van der Waals surface area contributed by atoms with E-state index in [2.05, 4.69) is 35.6 Å². The van der Waals surface area contributed by atoms with Gasteiger partial charge < -0.3 is 5.32 Å². The molecule has 84 valence electrons. The molecule has 0 bridgehead atoms. The quantitative estimate of drug-likeness (QED) is 0.819. The lowest BCUT2D eigenvalue weighted by Gasteiger charge is -2.22. The Morgan fingerprint density at radius 2 is 2.07 bits per heavy atom. The van der Waals surface area contributed by atoms with Crippen LogP contribution in [0.15, 0.2) is 35.2 Å². The van der Waals surface area contributed by atoms with Gasteiger partial charge in [-0.2, -0.15) is 0 Å². The average Bonchev–Trinajstić information content (AvgIpc) is 2.29. The fourth-order valence-electron chi connectivity index (χ4n) is 1.80. The molecule has 1 N–H and O–H groups in total. The summed E-state index contributed by atoms with van der Waals surface area (Å²) in [4.78, 5) is 1.40. The van der Waals surface area contributed by atoms with Crippen molar-refractivity contribution in [2.45, 2.75) is 17.7 Å². The van der Waals surface area contributed by atoms with Crippen LogP contribution in [-0.2, 0) is 0 Å². The molecule has 0 aromatic heterocycles. The maximum absolute atomic E-state index is 3.46. The molecule has 15 heavy (non-hydrogen) atoms. The molecule has 0 aliphatic carbocycles. The summed E-state index contributed by atoms with van der Waals surface area (Å²) in [5.74, 6) is 2.13. The van der Waals surface area contributed by atoms with E-state index in [0.29, 0.717) is 0 Å². The Labute approximate surface area is 102 Å². The minimum absolute atomic E-state index is 0. The number of rotatable bonds is 3. The van der Waals surface area contributed by atoms with Crippen LogP contribution in [0.4, 0.5) is 0 Å². The van der Waals surface area contributed by atoms with Gasteiger partial charge in [0, 0.05) is 10.6 Å². The maximum atomic E-state index is 3.46. The highest BCUT2D eigenvalue weighted by molar-refractivity contribution is 7.99. The first-order valence-corrected chi connectivity index (χ1v) is 6.32. The molecule has 1 aromatic rings. The molecule has 1 aromatic carbocycles. The molecular formula is C12H18ClNS. The largest absolute Gasteiger partial charge is 0.316 e. The molecule has 1 heterocycles. The van der Waals surface area contributed by atoms with Crippen molar-refractivity contribution in [2.75, 3.05) is 18.8 Å². The van der Waals surface area contributed by atoms with Crippen molar-refractivity contribution in [3.05, 3.63) is 30.3 Å². The monoisotopic (exact) mass is 243 g/mol. The van der Waals surface area contributed by atoms with Crippen LogP contribution in [-0.4, -0.2) is 18.8 Å². The van der Waals surface area contributed by atoms with Crippen molar-refractivity contribution >= 4 is 24.2 Å². The third-order valence-corrected chi connectivity index (χ3v) is 3.87. The number of hydrogen-bond donors (Lipinski definition) is 1. The second-order valence-corrected chi connectivity index (χ2v) is 4.93. The number of piperidine rings is 1. The fraction of sp³-hybridized carbons (Fsp3) is 0.500. The first-order valence-electron chi connectivity index (χ1n) is 5.34. The van der Waals surface area contributed by atoms with Gasteiger partial charge in [-0.3, -0.25) is 0 Å². The molecular weight excluding hydrogens is 226 g/mol. The maximum Gasteiger partial charge on any atom is 0.00720 e. The second kappa shape index (κ2) is 7.15. The van der Waals surface area contributed by atoms with Gasteiger partial charge in [-0.1, -0.05) is 18.2 Å². The SMILES string of the molecule is Cl.c1ccc(SCC2CCCNC2)cc1. The molecule has 1 aliphatic rings. The Balaban J connectivity index is 0.00000112. The van der Waals surface area contributed by atoms with Crippen molar-refractivity contribution in [3.8, 4) is 0 Å². The van der Waals surface area contributed by atoms with Crippen LogP contribution >= 0.6 is 24.2 Å². The van der Waals surface area contributed by atoms with Crippen molar-refractivity contribution in [1.82, 2.24) is 5.32 Å². The summed E-state index contributed by atoms with van der Waals surface area (Å²) in [6, 6.07) is 10.7. The van der Waals surface area contributed by atoms with Crippen LogP contribution in [0, 0.1) is 5.92 Å². The summed E-state index contributed by atoms with van der Waals surface area (Å²) in [6.07, 6.45) is 2.74. The van der Waals surface area contributed by atoms with Crippen LogP contribution < -0.4 is 5.32 Å². The van der Waals surface area contributed by atoms with E-state index in [1.54, 1.807) is 0 Å². The van der Waals surface area contributed by atoms with E-state index in [-0.39, 0.29) is 12.4 Å². The minimum atomic E-state index is 0. The molecule has 1 aliphatic heterocycles. The van der Waals surface area contributed by atoms with E-state index < -0.39 is 0 Å². The van der Waals surface area contributed by atoms with Gasteiger partial charge in [0.1, 0.15) is 0 Å². The molecule has 0 radical (unpaired) electrons. The number of hydrogen-bond acceptors (Lipinski definition) is 2. The highest BCUT2D eigenvalue weighted by Gasteiger charge is 2.12. The van der Waals surface area contributed by atoms with Gasteiger partial charge in [0.25, 0.3) is 0 Å². The topological polar surface area (TPSA) is 12.0 Å². The summed E-state index contributed by atoms with van der Waals surface area (Å²) in [5, 5.41) is 3.46. The third kappa shape index (κ3) is 4.45. The van der Waals surface area contributed by atoms with Crippen LogP contribution in [0.25, 0.3) is 0 Å². The lowest BCUT2D eigenvalue weighted by atomic mass is 10.0. The van der Waals surface area contributed by atoms with Crippen molar-refractivity contribution < 1.29 is 0 Å². The van der Waals surface area contributed by atoms with Crippen LogP contribution in [0.3, 0.4) is 0 Å². The van der Waals surface area contributed by atoms with E-state index in [1.807, 2.05) is 11.8 Å². The first-order chi connectivity index (χ1) is 6.95. The normalized spacial score (nSPS) is 20.7. The van der Waals surface area contributed by atoms with Crippen LogP contribution in [0.2, 0.25) is 0 Å². The highest BCUT2D eigenvalue weighted by atomic mass is 35.5. The molecule has 1 fully saturated rings. The molecule has 1 atom stereocenters. The Hall–Kier alpha value is -0.180. The molecule has 0 amide bonds. The van der Waals surface area contributed by atoms with Crippen molar-refractivity contribution in [1.29, 1.82) is 0 Å². The Kier molecular flexibility index (Phi) is 6.15. The molecule has 3 heteroatoms. The summed E-state index contributed by atoms with van der Waals surface area (Å²) in [6.45, 7) is 2.42. The molecule has 1 unspecified atom stereocenters. The smallest absolute Gasteiger partial charge is 0.00720 e. The zero-order valence-corrected chi connectivity index (χ0v) is 10.4. The Morgan fingerprint density at radius 3 is 2.73 bits per heavy atom. The van der Waals surface area contributed by atoms with Crippen molar-refractivity contribution in [3.63, 3.8) is 0 Å². The average molecular weight is 244 g/mol. The number of halogens is 1. The molecule has 2 rings (SSSR count). The number of nitrogens with one attached hydrogen (secondary N) is 1. The van der Waals surface area contributed by atoms with Gasteiger partial charge in [-0.05, 0) is 44.0 Å². The Morgan fingerprint density at radius 1 is 1.27 bits per heavy atom. The fourth-order valence-corrected chi connectivity index (χ4v) is 2.86. The first kappa shape index (κ1) is 12.9. The second-order valence-electron chi connectivity index (χ2n) is 3.84. The summed E-state index contributed by atoms with van der Waals surface area (Å²) in [7, 11) is 0. The standard InChI is InChI=1S/C12H17NS.ClH/c1-2-6-12(7-3-1)14-10-11-5-4-8-13-9-11;/h1-3,6-7,11,13H,4-5,8-10H2;1H. The molecule has 0 saturated carbocycles. The Bertz CT molecular complexity index is 260. The van der Waals surface area contributed by atoms with E-state index in [4.69, 9.17) is 0 Å². The van der Waals surface area contributed by atoms with Gasteiger partial charge >= 0.3 is 0 Å². The predicted molar refractivity (Wildman–Crippen MR) is 70.0 cm³/mol. The van der Waals surface area contributed by atoms with Crippen molar-refractivity contribution in [2.24, 2.45) is 5.92 Å². The zero-order valence-electron chi connectivity index (χ0n) is 8.82. The van der Waals surface area contributed by atoms with Gasteiger partial charge in [0.05, 0.1) is 0 Å². The summed E-state index contributed by atoms with van der Waals surface area (Å²) < 4.78 is 0. The highest BCUT2D eigenvalue weighted by Crippen LogP contribution is 2.23. The molecule has 1 nitrogen and oxygen atoms in total. The lowest BCUT2D eigenvalue weighted by molar-refractivity contribution is 0.410. The van der Waals surface area contributed by atoms with E-state index in [0.717, 1.165) is 5.92 Å². The lowest BCUT2D eigenvalue weighted by Crippen LogP contribution is -2.30. The number of benzene rings is 1. The van der Waals surface area contributed by atoms with E-state index in [9.17, 15) is 0 Å². The van der Waals surface area contributed by atoms with Gasteiger partial charge in [-0.25, -0.2) is 0 Å². The van der Waals surface area contributed by atoms with E-state index >= 15 is 0 Å². The van der Waals surface area contributed by atoms with Gasteiger partial charge in [-0.15, -0.1) is 24.2 Å². The summed E-state index contributed by atoms with van der Waals surface area (Å²) >= 11 is 1.99. The molecule has 1 saturated heterocycles. The van der Waals surface area contributed by atoms with Gasteiger partial charge in [0.2, 0.25) is 0 Å². The predicted octanol–water partition coefficient (Wildman–Crippen LogP) is 3.20. The van der Waals surface area contributed by atoms with E-state index in [1.165, 1.54) is 36.6 Å². The zero-order chi connectivity index (χ0) is 9.64. The summed E-state index contributed by atoms with van der Waals surface area (Å²) in [5.41, 5.74) is 0. The van der Waals surface area contributed by atoms with Crippen LogP contribution in [0.1, 0.15) is 12.8 Å². The molecule has 0 spiro atoms. The number of thioether (sulfide) groups is 1. The van der Waals surface area contributed by atoms with Crippen LogP contribution in [0.5, 0.6) is 0 Å². The third-order valence-electron chi connectivity index (χ3n) is 2.63. The van der Waals surface area contributed by atoms with Gasteiger partial charge in [0.15, 0.2) is 0 Å². The minimum Gasteiger partial charge on any atom is -0.316 e.